The van der Waals surface area contributed by atoms with Gasteiger partial charge < -0.3 is 19.6 Å². The molecule has 2 aromatic rings. The highest BCUT2D eigenvalue weighted by molar-refractivity contribution is 5.90. The molecule has 1 aromatic carbocycles. The molecule has 0 saturated carbocycles. The second kappa shape index (κ2) is 11.2. The molecule has 7 nitrogen and oxygen atoms in total. The van der Waals surface area contributed by atoms with Crippen LogP contribution in [0.1, 0.15) is 29.4 Å². The Bertz CT molecular complexity index is 869. The Labute approximate surface area is 171 Å². The van der Waals surface area contributed by atoms with E-state index in [1.165, 1.54) is 6.20 Å². The fourth-order valence-corrected chi connectivity index (χ4v) is 2.41. The van der Waals surface area contributed by atoms with Gasteiger partial charge >= 0.3 is 12.1 Å². The van der Waals surface area contributed by atoms with Crippen LogP contribution in [-0.4, -0.2) is 43.2 Å². The monoisotopic (exact) mass is 428 g/mol. The average molecular weight is 428 g/mol. The summed E-state index contributed by atoms with van der Waals surface area (Å²) in [6.45, 7) is 1.17. The molecule has 0 aliphatic heterocycles. The van der Waals surface area contributed by atoms with E-state index in [-0.39, 0.29) is 19.8 Å². The summed E-state index contributed by atoms with van der Waals surface area (Å²) in [6, 6.07) is 9.94. The van der Waals surface area contributed by atoms with Crippen molar-refractivity contribution in [3.05, 3.63) is 64.1 Å². The molecule has 10 heteroatoms. The minimum atomic E-state index is -4.71. The fraction of sp³-hybridized carbons (Fsp3) is 0.400. The van der Waals surface area contributed by atoms with Crippen molar-refractivity contribution in [1.29, 1.82) is 0 Å². The van der Waals surface area contributed by atoms with Gasteiger partial charge in [0.1, 0.15) is 6.61 Å². The predicted molar refractivity (Wildman–Crippen MR) is 103 cm³/mol. The van der Waals surface area contributed by atoms with E-state index >= 15 is 0 Å². The molecule has 0 aliphatic rings. The SMILES string of the molecule is CCCOCCNn1ccc(=O)c(OCc2ccccc2)c1C(=O)OCC(F)(F)F. The molecule has 0 fully saturated rings. The van der Waals surface area contributed by atoms with E-state index in [9.17, 15) is 22.8 Å². The third kappa shape index (κ3) is 7.43. The topological polar surface area (TPSA) is 78.8 Å². The van der Waals surface area contributed by atoms with Gasteiger partial charge in [-0.05, 0) is 12.0 Å². The van der Waals surface area contributed by atoms with Crippen LogP contribution < -0.4 is 15.6 Å². The molecule has 30 heavy (non-hydrogen) atoms. The summed E-state index contributed by atoms with van der Waals surface area (Å²) in [7, 11) is 0. The number of halogens is 3. The van der Waals surface area contributed by atoms with Gasteiger partial charge in [-0.15, -0.1) is 0 Å². The molecule has 2 rings (SSSR count). The Kier molecular flexibility index (Phi) is 8.72. The lowest BCUT2D eigenvalue weighted by Crippen LogP contribution is -2.30. The van der Waals surface area contributed by atoms with Crippen molar-refractivity contribution < 1.29 is 32.2 Å². The van der Waals surface area contributed by atoms with Crippen molar-refractivity contribution >= 4 is 5.97 Å². The van der Waals surface area contributed by atoms with Gasteiger partial charge in [0.05, 0.1) is 13.2 Å². The summed E-state index contributed by atoms with van der Waals surface area (Å²) in [6.07, 6.45) is -2.66. The van der Waals surface area contributed by atoms with Gasteiger partial charge in [-0.1, -0.05) is 37.3 Å². The number of rotatable bonds is 11. The molecule has 164 valence electrons. The number of nitrogens with one attached hydrogen (secondary N) is 1. The molecule has 1 N–H and O–H groups in total. The average Bonchev–Trinajstić information content (AvgIpc) is 2.72. The Morgan fingerprint density at radius 2 is 1.87 bits per heavy atom. The second-order valence-electron chi connectivity index (χ2n) is 6.21. The van der Waals surface area contributed by atoms with Gasteiger partial charge in [0.2, 0.25) is 5.43 Å². The van der Waals surface area contributed by atoms with E-state index in [0.29, 0.717) is 12.2 Å². The summed E-state index contributed by atoms with van der Waals surface area (Å²) in [5.74, 6) is -1.74. The maximum Gasteiger partial charge on any atom is 0.422 e. The first-order valence-corrected chi connectivity index (χ1v) is 9.29. The number of hydrogen-bond acceptors (Lipinski definition) is 6. The highest BCUT2D eigenvalue weighted by atomic mass is 19.4. The lowest BCUT2D eigenvalue weighted by Gasteiger charge is -2.18. The van der Waals surface area contributed by atoms with Crippen LogP contribution >= 0.6 is 0 Å². The highest BCUT2D eigenvalue weighted by Crippen LogP contribution is 2.19. The van der Waals surface area contributed by atoms with Gasteiger partial charge in [-0.3, -0.25) is 9.47 Å². The molecular formula is C20H23F3N2O5. The lowest BCUT2D eigenvalue weighted by molar-refractivity contribution is -0.161. The highest BCUT2D eigenvalue weighted by Gasteiger charge is 2.31. The van der Waals surface area contributed by atoms with Crippen molar-refractivity contribution in [3.8, 4) is 5.75 Å². The minimum Gasteiger partial charge on any atom is -0.482 e. The molecule has 0 atom stereocenters. The molecule has 0 amide bonds. The van der Waals surface area contributed by atoms with Crippen LogP contribution in [0.3, 0.4) is 0 Å². The van der Waals surface area contributed by atoms with Gasteiger partial charge in [0.15, 0.2) is 18.1 Å². The Balaban J connectivity index is 2.26. The van der Waals surface area contributed by atoms with E-state index in [0.717, 1.165) is 17.2 Å². The summed E-state index contributed by atoms with van der Waals surface area (Å²) in [4.78, 5) is 24.7. The third-order valence-electron chi connectivity index (χ3n) is 3.72. The zero-order chi connectivity index (χ0) is 22.0. The number of ether oxygens (including phenoxy) is 3. The molecule has 0 aliphatic carbocycles. The number of alkyl halides is 3. The van der Waals surface area contributed by atoms with E-state index in [4.69, 9.17) is 9.47 Å². The van der Waals surface area contributed by atoms with Crippen LogP contribution in [0.4, 0.5) is 13.2 Å². The number of aromatic nitrogens is 1. The van der Waals surface area contributed by atoms with Crippen molar-refractivity contribution in [3.63, 3.8) is 0 Å². The molecule has 0 saturated heterocycles. The number of carbonyl (C=O) groups is 1. The molecule has 1 heterocycles. The van der Waals surface area contributed by atoms with Gasteiger partial charge in [-0.2, -0.15) is 13.2 Å². The van der Waals surface area contributed by atoms with Gasteiger partial charge in [0.25, 0.3) is 0 Å². The van der Waals surface area contributed by atoms with Crippen LogP contribution in [0.5, 0.6) is 5.75 Å². The smallest absolute Gasteiger partial charge is 0.422 e. The van der Waals surface area contributed by atoms with Crippen molar-refractivity contribution in [1.82, 2.24) is 4.68 Å². The standard InChI is InChI=1S/C20H23F3N2O5/c1-2-11-28-12-9-24-25-10-8-16(26)18(29-13-15-6-4-3-5-7-15)17(25)19(27)30-14-20(21,22)23/h3-8,10,24H,2,9,11-14H2,1H3. The maximum atomic E-state index is 12.5. The van der Waals surface area contributed by atoms with E-state index < -0.39 is 35.6 Å². The first-order valence-electron chi connectivity index (χ1n) is 9.29. The van der Waals surface area contributed by atoms with Crippen LogP contribution in [0.15, 0.2) is 47.4 Å². The summed E-state index contributed by atoms with van der Waals surface area (Å²) < 4.78 is 53.8. The first kappa shape index (κ1) is 23.3. The second-order valence-corrected chi connectivity index (χ2v) is 6.21. The Morgan fingerprint density at radius 3 is 2.53 bits per heavy atom. The fourth-order valence-electron chi connectivity index (χ4n) is 2.41. The van der Waals surface area contributed by atoms with Crippen LogP contribution in [0, 0.1) is 0 Å². The van der Waals surface area contributed by atoms with Crippen molar-refractivity contribution in [2.45, 2.75) is 26.1 Å². The number of pyridine rings is 1. The van der Waals surface area contributed by atoms with Gasteiger partial charge in [-0.25, -0.2) is 4.79 Å². The number of esters is 1. The van der Waals surface area contributed by atoms with E-state index in [2.05, 4.69) is 10.2 Å². The Morgan fingerprint density at radius 1 is 1.13 bits per heavy atom. The van der Waals surface area contributed by atoms with Crippen LogP contribution in [-0.2, 0) is 16.1 Å². The number of benzene rings is 1. The normalized spacial score (nSPS) is 11.2. The molecular weight excluding hydrogens is 405 g/mol. The Hall–Kier alpha value is -3.01. The van der Waals surface area contributed by atoms with E-state index in [1.807, 2.05) is 6.92 Å². The number of nitrogens with zero attached hydrogens (tertiary/aromatic N) is 1. The molecule has 0 spiro atoms. The van der Waals surface area contributed by atoms with Crippen molar-refractivity contribution in [2.75, 3.05) is 31.8 Å². The third-order valence-corrected chi connectivity index (χ3v) is 3.72. The maximum absolute atomic E-state index is 12.5. The first-order chi connectivity index (χ1) is 14.3. The van der Waals surface area contributed by atoms with Gasteiger partial charge in [0, 0.05) is 18.9 Å². The summed E-state index contributed by atoms with van der Waals surface area (Å²) >= 11 is 0. The predicted octanol–water partition coefficient (Wildman–Crippen LogP) is 3.12. The van der Waals surface area contributed by atoms with E-state index in [1.54, 1.807) is 30.3 Å². The summed E-state index contributed by atoms with van der Waals surface area (Å²) in [5.41, 5.74) is 2.40. The molecule has 0 unspecified atom stereocenters. The van der Waals surface area contributed by atoms with Crippen LogP contribution in [0.2, 0.25) is 0 Å². The zero-order valence-corrected chi connectivity index (χ0v) is 16.4. The quantitative estimate of drug-likeness (QED) is 0.438. The largest absolute Gasteiger partial charge is 0.482 e. The molecule has 0 bridgehead atoms. The minimum absolute atomic E-state index is 0.0563. The molecule has 1 aromatic heterocycles. The summed E-state index contributed by atoms with van der Waals surface area (Å²) in [5, 5.41) is 0. The lowest BCUT2D eigenvalue weighted by atomic mass is 10.2. The molecule has 0 radical (unpaired) electrons. The van der Waals surface area contributed by atoms with Crippen molar-refractivity contribution in [2.24, 2.45) is 0 Å². The van der Waals surface area contributed by atoms with Crippen LogP contribution in [0.25, 0.3) is 0 Å². The number of hydrogen-bond donors (Lipinski definition) is 1. The number of carbonyl (C=O) groups excluding carboxylic acids is 1. The zero-order valence-electron chi connectivity index (χ0n) is 16.4.